The first-order valence-electron chi connectivity index (χ1n) is 6.34. The van der Waals surface area contributed by atoms with Crippen LogP contribution < -0.4 is 10.6 Å². The Kier molecular flexibility index (Phi) is 5.94. The van der Waals surface area contributed by atoms with Crippen molar-refractivity contribution in [3.05, 3.63) is 27.6 Å². The fourth-order valence-electron chi connectivity index (χ4n) is 1.66. The molecule has 1 rings (SSSR count). The van der Waals surface area contributed by atoms with Crippen LogP contribution in [0.4, 0.5) is 14.9 Å². The summed E-state index contributed by atoms with van der Waals surface area (Å²) in [5, 5.41) is 14.2. The molecule has 7 heteroatoms. The average molecular weight is 408 g/mol. The van der Waals surface area contributed by atoms with E-state index in [1.165, 1.54) is 18.2 Å². The lowest BCUT2D eigenvalue weighted by molar-refractivity contribution is -0.138. The Balaban J connectivity index is 2.76. The van der Waals surface area contributed by atoms with Gasteiger partial charge in [-0.1, -0.05) is 20.8 Å². The van der Waals surface area contributed by atoms with E-state index >= 15 is 0 Å². The topological polar surface area (TPSA) is 78.4 Å². The smallest absolute Gasteiger partial charge is 0.319 e. The maximum absolute atomic E-state index is 13.0. The van der Waals surface area contributed by atoms with Gasteiger partial charge < -0.3 is 15.7 Å². The summed E-state index contributed by atoms with van der Waals surface area (Å²) in [6.45, 7) is 5.55. The molecule has 0 aliphatic rings. The summed E-state index contributed by atoms with van der Waals surface area (Å²) in [5.74, 6) is -1.37. The van der Waals surface area contributed by atoms with Crippen molar-refractivity contribution in [2.75, 3.05) is 5.32 Å². The maximum atomic E-state index is 13.0. The molecular weight excluding hydrogens is 390 g/mol. The SMILES string of the molecule is CC(C)(C)C(CC(=O)O)NC(=O)Nc1ccc(F)cc1I. The molecule has 0 saturated heterocycles. The Labute approximate surface area is 136 Å². The lowest BCUT2D eigenvalue weighted by atomic mass is 9.85. The highest BCUT2D eigenvalue weighted by Crippen LogP contribution is 2.23. The molecule has 0 heterocycles. The second-order valence-corrected chi connectivity index (χ2v) is 6.90. The molecule has 1 unspecified atom stereocenters. The van der Waals surface area contributed by atoms with E-state index in [0.29, 0.717) is 9.26 Å². The van der Waals surface area contributed by atoms with Crippen LogP contribution >= 0.6 is 22.6 Å². The molecule has 0 fully saturated rings. The summed E-state index contributed by atoms with van der Waals surface area (Å²) < 4.78 is 13.6. The molecule has 2 amide bonds. The van der Waals surface area contributed by atoms with Crippen LogP contribution in [0.15, 0.2) is 18.2 Å². The Morgan fingerprint density at radius 1 is 1.38 bits per heavy atom. The lowest BCUT2D eigenvalue weighted by Crippen LogP contribution is -2.46. The van der Waals surface area contributed by atoms with E-state index < -0.39 is 23.5 Å². The second kappa shape index (κ2) is 7.06. The summed E-state index contributed by atoms with van der Waals surface area (Å²) >= 11 is 1.91. The molecule has 0 saturated carbocycles. The minimum Gasteiger partial charge on any atom is -0.481 e. The van der Waals surface area contributed by atoms with Gasteiger partial charge in [-0.25, -0.2) is 9.18 Å². The third-order valence-electron chi connectivity index (χ3n) is 2.91. The van der Waals surface area contributed by atoms with Crippen molar-refractivity contribution in [1.29, 1.82) is 0 Å². The van der Waals surface area contributed by atoms with E-state index in [-0.39, 0.29) is 12.2 Å². The number of hydrogen-bond donors (Lipinski definition) is 3. The number of carboxylic acid groups (broad SMARTS) is 1. The molecule has 3 N–H and O–H groups in total. The van der Waals surface area contributed by atoms with Crippen LogP contribution in [0.3, 0.4) is 0 Å². The van der Waals surface area contributed by atoms with Crippen molar-refractivity contribution in [1.82, 2.24) is 5.32 Å². The molecular formula is C14H18FIN2O3. The minimum absolute atomic E-state index is 0.169. The van der Waals surface area contributed by atoms with Crippen LogP contribution in [0.5, 0.6) is 0 Å². The first-order chi connectivity index (χ1) is 9.59. The molecule has 0 aromatic heterocycles. The van der Waals surface area contributed by atoms with E-state index in [0.717, 1.165) is 0 Å². The van der Waals surface area contributed by atoms with Gasteiger partial charge in [0.2, 0.25) is 0 Å². The molecule has 0 aliphatic heterocycles. The highest BCUT2D eigenvalue weighted by Gasteiger charge is 2.28. The summed E-state index contributed by atoms with van der Waals surface area (Å²) in [6.07, 6.45) is -0.169. The Hall–Kier alpha value is -1.38. The van der Waals surface area contributed by atoms with Crippen molar-refractivity contribution >= 4 is 40.3 Å². The first kappa shape index (κ1) is 17.7. The van der Waals surface area contributed by atoms with E-state index in [4.69, 9.17) is 5.11 Å². The lowest BCUT2D eigenvalue weighted by Gasteiger charge is -2.30. The fourth-order valence-corrected chi connectivity index (χ4v) is 2.27. The number of halogens is 2. The van der Waals surface area contributed by atoms with Gasteiger partial charge in [-0.2, -0.15) is 0 Å². The van der Waals surface area contributed by atoms with E-state index in [1.54, 1.807) is 0 Å². The highest BCUT2D eigenvalue weighted by molar-refractivity contribution is 14.1. The zero-order chi connectivity index (χ0) is 16.2. The molecule has 5 nitrogen and oxygen atoms in total. The first-order valence-corrected chi connectivity index (χ1v) is 7.42. The number of carboxylic acids is 1. The van der Waals surface area contributed by atoms with Gasteiger partial charge in [0.05, 0.1) is 12.1 Å². The standard InChI is InChI=1S/C14H18FIN2O3/c1-14(2,3)11(7-12(19)20)18-13(21)17-10-5-4-8(15)6-9(10)16/h4-6,11H,7H2,1-3H3,(H,19,20)(H2,17,18,21). The van der Waals surface area contributed by atoms with Gasteiger partial charge in [-0.05, 0) is 46.2 Å². The zero-order valence-electron chi connectivity index (χ0n) is 12.0. The van der Waals surface area contributed by atoms with Crippen LogP contribution in [0, 0.1) is 14.8 Å². The molecule has 0 bridgehead atoms. The fraction of sp³-hybridized carbons (Fsp3) is 0.429. The molecule has 21 heavy (non-hydrogen) atoms. The molecule has 0 aliphatic carbocycles. The minimum atomic E-state index is -0.980. The van der Waals surface area contributed by atoms with Crippen LogP contribution in [0.2, 0.25) is 0 Å². The van der Waals surface area contributed by atoms with Crippen molar-refractivity contribution in [3.8, 4) is 0 Å². The van der Waals surface area contributed by atoms with Crippen LogP contribution in [-0.4, -0.2) is 23.1 Å². The Bertz CT molecular complexity index is 544. The normalized spacial score (nSPS) is 12.6. The van der Waals surface area contributed by atoms with E-state index in [2.05, 4.69) is 10.6 Å². The number of hydrogen-bond acceptors (Lipinski definition) is 2. The molecule has 1 atom stereocenters. The number of nitrogens with one attached hydrogen (secondary N) is 2. The number of benzene rings is 1. The van der Waals surface area contributed by atoms with E-state index in [9.17, 15) is 14.0 Å². The van der Waals surface area contributed by atoms with Crippen LogP contribution in [0.25, 0.3) is 0 Å². The number of urea groups is 1. The summed E-state index contributed by atoms with van der Waals surface area (Å²) in [5.41, 5.74) is 0.0728. The molecule has 0 radical (unpaired) electrons. The number of rotatable bonds is 4. The number of aliphatic carboxylic acids is 1. The summed E-state index contributed by atoms with van der Waals surface area (Å²) in [7, 11) is 0. The maximum Gasteiger partial charge on any atom is 0.319 e. The predicted molar refractivity (Wildman–Crippen MR) is 86.8 cm³/mol. The third-order valence-corrected chi connectivity index (χ3v) is 3.80. The monoisotopic (exact) mass is 408 g/mol. The van der Waals surface area contributed by atoms with Crippen molar-refractivity contribution in [2.24, 2.45) is 5.41 Å². The van der Waals surface area contributed by atoms with Crippen LogP contribution in [0.1, 0.15) is 27.2 Å². The average Bonchev–Trinajstić information content (AvgIpc) is 2.30. The highest BCUT2D eigenvalue weighted by atomic mass is 127. The second-order valence-electron chi connectivity index (χ2n) is 5.74. The molecule has 1 aromatic rings. The number of carbonyl (C=O) groups excluding carboxylic acids is 1. The number of anilines is 1. The van der Waals surface area contributed by atoms with Crippen LogP contribution in [-0.2, 0) is 4.79 Å². The molecule has 116 valence electrons. The predicted octanol–water partition coefficient (Wildman–Crippen LogP) is 3.44. The van der Waals surface area contributed by atoms with Crippen molar-refractivity contribution in [2.45, 2.75) is 33.2 Å². The van der Waals surface area contributed by atoms with E-state index in [1.807, 2.05) is 43.4 Å². The number of amides is 2. The van der Waals surface area contributed by atoms with Gasteiger partial charge in [-0.3, -0.25) is 4.79 Å². The molecule has 1 aromatic carbocycles. The van der Waals surface area contributed by atoms with Crippen molar-refractivity contribution < 1.29 is 19.1 Å². The van der Waals surface area contributed by atoms with Gasteiger partial charge in [-0.15, -0.1) is 0 Å². The summed E-state index contributed by atoms with van der Waals surface area (Å²) in [4.78, 5) is 22.8. The van der Waals surface area contributed by atoms with Crippen molar-refractivity contribution in [3.63, 3.8) is 0 Å². The molecule has 0 spiro atoms. The van der Waals surface area contributed by atoms with Gasteiger partial charge in [0.1, 0.15) is 5.82 Å². The third kappa shape index (κ3) is 5.86. The van der Waals surface area contributed by atoms with Gasteiger partial charge in [0.15, 0.2) is 0 Å². The van der Waals surface area contributed by atoms with Gasteiger partial charge in [0.25, 0.3) is 0 Å². The van der Waals surface area contributed by atoms with Gasteiger partial charge in [0, 0.05) is 9.61 Å². The summed E-state index contributed by atoms with van der Waals surface area (Å²) in [6, 6.07) is 2.97. The zero-order valence-corrected chi connectivity index (χ0v) is 14.2. The quantitative estimate of drug-likeness (QED) is 0.668. The number of carbonyl (C=O) groups is 2. The van der Waals surface area contributed by atoms with Gasteiger partial charge >= 0.3 is 12.0 Å². The Morgan fingerprint density at radius 2 is 2.00 bits per heavy atom. The largest absolute Gasteiger partial charge is 0.481 e. The Morgan fingerprint density at radius 3 is 2.48 bits per heavy atom.